The summed E-state index contributed by atoms with van der Waals surface area (Å²) in [6.45, 7) is 0.331. The molecule has 4 aromatic rings. The quantitative estimate of drug-likeness (QED) is 0.334. The lowest BCUT2D eigenvalue weighted by Crippen LogP contribution is -2.22. The molecule has 5 nitrogen and oxygen atoms in total. The van der Waals surface area contributed by atoms with Gasteiger partial charge in [0.1, 0.15) is 18.1 Å². The Morgan fingerprint density at radius 1 is 1.00 bits per heavy atom. The number of pyridine rings is 1. The zero-order chi connectivity index (χ0) is 22.7. The first-order chi connectivity index (χ1) is 15.5. The Kier molecular flexibility index (Phi) is 6.42. The van der Waals surface area contributed by atoms with Crippen molar-refractivity contribution in [3.63, 3.8) is 0 Å². The molecule has 1 heterocycles. The van der Waals surface area contributed by atoms with Gasteiger partial charge in [-0.2, -0.15) is 0 Å². The number of fused-ring (bicyclic) bond motifs is 1. The molecule has 0 aliphatic carbocycles. The largest absolute Gasteiger partial charge is 0.497 e. The number of methoxy groups -OCH3 is 1. The number of aromatic nitrogens is 1. The van der Waals surface area contributed by atoms with Crippen LogP contribution in [0.15, 0.2) is 77.4 Å². The fraction of sp³-hybridized carbons (Fsp3) is 0.154. The zero-order valence-electron chi connectivity index (χ0n) is 18.1. The summed E-state index contributed by atoms with van der Waals surface area (Å²) in [6, 6.07) is 21.4. The molecule has 0 N–H and O–H groups in total. The molecule has 0 radical (unpaired) electrons. The van der Waals surface area contributed by atoms with Gasteiger partial charge in [0.2, 0.25) is 0 Å². The van der Waals surface area contributed by atoms with Gasteiger partial charge in [0, 0.05) is 35.7 Å². The number of hydrogen-bond donors (Lipinski definition) is 0. The number of nitrogens with zero attached hydrogens (tertiary/aromatic N) is 2. The molecule has 3 aromatic carbocycles. The summed E-state index contributed by atoms with van der Waals surface area (Å²) in [5, 5.41) is 1.84. The molecule has 0 unspecified atom stereocenters. The lowest BCUT2D eigenvalue weighted by molar-refractivity contribution is 0.0823. The van der Waals surface area contributed by atoms with E-state index in [4.69, 9.17) is 9.47 Å². The van der Waals surface area contributed by atoms with E-state index in [9.17, 15) is 4.79 Å². The molecule has 0 spiro atoms. The minimum absolute atomic E-state index is 0.126. The fourth-order valence-corrected chi connectivity index (χ4v) is 3.76. The van der Waals surface area contributed by atoms with Gasteiger partial charge < -0.3 is 14.4 Å². The molecular formula is C26H23BrN2O3. The van der Waals surface area contributed by atoms with E-state index in [-0.39, 0.29) is 5.91 Å². The van der Waals surface area contributed by atoms with Crippen molar-refractivity contribution in [2.24, 2.45) is 0 Å². The van der Waals surface area contributed by atoms with Crippen LogP contribution in [0.1, 0.15) is 15.9 Å². The highest BCUT2D eigenvalue weighted by Gasteiger charge is 2.21. The Balaban J connectivity index is 1.84. The van der Waals surface area contributed by atoms with Gasteiger partial charge in [-0.15, -0.1) is 0 Å². The molecule has 0 bridgehead atoms. The second-order valence-corrected chi connectivity index (χ2v) is 8.46. The second-order valence-electron chi connectivity index (χ2n) is 7.54. The van der Waals surface area contributed by atoms with Crippen molar-refractivity contribution in [1.29, 1.82) is 0 Å². The lowest BCUT2D eigenvalue weighted by Gasteiger charge is -2.19. The maximum absolute atomic E-state index is 13.1. The van der Waals surface area contributed by atoms with Crippen LogP contribution in [0.4, 0.5) is 0 Å². The van der Waals surface area contributed by atoms with Crippen molar-refractivity contribution >= 4 is 32.6 Å². The first-order valence-corrected chi connectivity index (χ1v) is 10.9. The molecule has 0 fully saturated rings. The van der Waals surface area contributed by atoms with Crippen molar-refractivity contribution in [2.45, 2.75) is 6.61 Å². The first-order valence-electron chi connectivity index (χ1n) is 10.1. The van der Waals surface area contributed by atoms with Crippen molar-refractivity contribution in [1.82, 2.24) is 9.88 Å². The number of hydrogen-bond acceptors (Lipinski definition) is 4. The number of amides is 1. The molecule has 6 heteroatoms. The highest BCUT2D eigenvalue weighted by molar-refractivity contribution is 9.10. The number of carbonyl (C=O) groups excluding carboxylic acids is 1. The summed E-state index contributed by atoms with van der Waals surface area (Å²) in [5.74, 6) is 1.23. The molecule has 0 saturated heterocycles. The number of halogens is 1. The zero-order valence-corrected chi connectivity index (χ0v) is 19.7. The van der Waals surface area contributed by atoms with E-state index in [1.165, 1.54) is 0 Å². The Labute approximate surface area is 195 Å². The van der Waals surface area contributed by atoms with E-state index in [1.807, 2.05) is 66.7 Å². The van der Waals surface area contributed by atoms with Crippen molar-refractivity contribution in [2.75, 3.05) is 21.2 Å². The van der Waals surface area contributed by atoms with Gasteiger partial charge in [-0.05, 0) is 57.2 Å². The second kappa shape index (κ2) is 9.40. The van der Waals surface area contributed by atoms with E-state index in [2.05, 4.69) is 20.9 Å². The molecule has 0 atom stereocenters. The van der Waals surface area contributed by atoms with Crippen LogP contribution in [-0.2, 0) is 6.61 Å². The topological polar surface area (TPSA) is 51.7 Å². The average molecular weight is 491 g/mol. The number of ether oxygens (including phenoxy) is 2. The lowest BCUT2D eigenvalue weighted by atomic mass is 9.96. The van der Waals surface area contributed by atoms with Crippen LogP contribution in [0, 0.1) is 0 Å². The normalized spacial score (nSPS) is 10.8. The summed E-state index contributed by atoms with van der Waals surface area (Å²) in [4.78, 5) is 19.3. The summed E-state index contributed by atoms with van der Waals surface area (Å²) < 4.78 is 12.4. The number of benzene rings is 3. The third kappa shape index (κ3) is 4.46. The molecule has 4 rings (SSSR count). The number of carbonyl (C=O) groups is 1. The van der Waals surface area contributed by atoms with Crippen LogP contribution in [-0.4, -0.2) is 37.0 Å². The maximum Gasteiger partial charge on any atom is 0.257 e. The predicted molar refractivity (Wildman–Crippen MR) is 130 cm³/mol. The van der Waals surface area contributed by atoms with Gasteiger partial charge >= 0.3 is 0 Å². The van der Waals surface area contributed by atoms with Crippen LogP contribution in [0.25, 0.3) is 22.0 Å². The summed E-state index contributed by atoms with van der Waals surface area (Å²) in [5.41, 5.74) is 3.16. The predicted octanol–water partition coefficient (Wildman–Crippen LogP) is 5.95. The van der Waals surface area contributed by atoms with Gasteiger partial charge in [0.15, 0.2) is 0 Å². The smallest absolute Gasteiger partial charge is 0.257 e. The van der Waals surface area contributed by atoms with Gasteiger partial charge in [0.25, 0.3) is 5.91 Å². The fourth-order valence-electron chi connectivity index (χ4n) is 3.53. The maximum atomic E-state index is 13.1. The molecule has 32 heavy (non-hydrogen) atoms. The highest BCUT2D eigenvalue weighted by Crippen LogP contribution is 2.38. The molecule has 0 aliphatic rings. The SMILES string of the molecule is COc1ccc(COc2c(C(=O)N(C)C)cc(-c3ccc(Br)cn3)c3ccccc23)cc1. The average Bonchev–Trinajstić information content (AvgIpc) is 2.82. The summed E-state index contributed by atoms with van der Waals surface area (Å²) in [7, 11) is 5.11. The van der Waals surface area contributed by atoms with Crippen LogP contribution >= 0.6 is 15.9 Å². The van der Waals surface area contributed by atoms with Gasteiger partial charge in [0.05, 0.1) is 18.4 Å². The first kappa shape index (κ1) is 21.8. The monoisotopic (exact) mass is 490 g/mol. The molecule has 1 aromatic heterocycles. The van der Waals surface area contributed by atoms with E-state index in [0.29, 0.717) is 17.9 Å². The molecule has 162 valence electrons. The minimum Gasteiger partial charge on any atom is -0.497 e. The molecule has 0 saturated carbocycles. The molecule has 0 aliphatic heterocycles. The van der Waals surface area contributed by atoms with Gasteiger partial charge in [-0.3, -0.25) is 9.78 Å². The minimum atomic E-state index is -0.126. The van der Waals surface area contributed by atoms with Crippen molar-refractivity contribution < 1.29 is 14.3 Å². The van der Waals surface area contributed by atoms with Crippen LogP contribution < -0.4 is 9.47 Å². The Bertz CT molecular complexity index is 1250. The van der Waals surface area contributed by atoms with Crippen LogP contribution in [0.5, 0.6) is 11.5 Å². The number of rotatable bonds is 6. The van der Waals surface area contributed by atoms with E-state index >= 15 is 0 Å². The molecule has 1 amide bonds. The van der Waals surface area contributed by atoms with E-state index in [1.54, 1.807) is 32.3 Å². The van der Waals surface area contributed by atoms with Crippen molar-refractivity contribution in [3.05, 3.63) is 88.5 Å². The third-order valence-corrected chi connectivity index (χ3v) is 5.65. The highest BCUT2D eigenvalue weighted by atomic mass is 79.9. The van der Waals surface area contributed by atoms with Crippen LogP contribution in [0.3, 0.4) is 0 Å². The van der Waals surface area contributed by atoms with Crippen molar-refractivity contribution in [3.8, 4) is 22.8 Å². The Hall–Kier alpha value is -3.38. The van der Waals surface area contributed by atoms with E-state index < -0.39 is 0 Å². The van der Waals surface area contributed by atoms with Crippen LogP contribution in [0.2, 0.25) is 0 Å². The third-order valence-electron chi connectivity index (χ3n) is 5.18. The summed E-state index contributed by atoms with van der Waals surface area (Å²) in [6.07, 6.45) is 1.76. The Morgan fingerprint density at radius 2 is 1.72 bits per heavy atom. The molecular weight excluding hydrogens is 468 g/mol. The Morgan fingerprint density at radius 3 is 2.34 bits per heavy atom. The van der Waals surface area contributed by atoms with Gasteiger partial charge in [-0.1, -0.05) is 36.4 Å². The standard InChI is InChI=1S/C26H23BrN2O3/c1-29(2)26(30)23-14-22(24-13-10-18(27)15-28-24)20-6-4-5-7-21(20)25(23)32-16-17-8-11-19(31-3)12-9-17/h4-15H,16H2,1-3H3. The van der Waals surface area contributed by atoms with Gasteiger partial charge in [-0.25, -0.2) is 0 Å². The van der Waals surface area contributed by atoms with E-state index in [0.717, 1.165) is 37.8 Å². The summed E-state index contributed by atoms with van der Waals surface area (Å²) >= 11 is 3.44.